The molecule has 3 nitrogen and oxygen atoms in total. The van der Waals surface area contributed by atoms with Crippen LogP contribution in [0.5, 0.6) is 0 Å². The van der Waals surface area contributed by atoms with Crippen molar-refractivity contribution in [2.24, 2.45) is 34.5 Å². The molecule has 0 bridgehead atoms. The Morgan fingerprint density at radius 2 is 1.73 bits per heavy atom. The van der Waals surface area contributed by atoms with Crippen LogP contribution in [0.1, 0.15) is 65.2 Å². The zero-order valence-electron chi connectivity index (χ0n) is 13.9. The molecule has 0 spiro atoms. The summed E-state index contributed by atoms with van der Waals surface area (Å²) in [6, 6.07) is 0. The summed E-state index contributed by atoms with van der Waals surface area (Å²) >= 11 is 0. The van der Waals surface area contributed by atoms with Gasteiger partial charge >= 0.3 is 0 Å². The molecule has 0 aromatic carbocycles. The fraction of sp³-hybridized carbons (Fsp3) is 0.947. The summed E-state index contributed by atoms with van der Waals surface area (Å²) in [4.78, 5) is 12.5. The monoisotopic (exact) mass is 306 g/mol. The highest BCUT2D eigenvalue weighted by Gasteiger charge is 2.62. The second-order valence-corrected chi connectivity index (χ2v) is 9.16. The van der Waals surface area contributed by atoms with Gasteiger partial charge in [-0.1, -0.05) is 13.8 Å². The number of aliphatic hydroxyl groups excluding tert-OH is 2. The molecule has 4 fully saturated rings. The maximum absolute atomic E-state index is 12.5. The van der Waals surface area contributed by atoms with Crippen LogP contribution in [0.15, 0.2) is 0 Å². The highest BCUT2D eigenvalue weighted by atomic mass is 16.3. The van der Waals surface area contributed by atoms with Gasteiger partial charge in [0.05, 0.1) is 6.10 Å². The van der Waals surface area contributed by atoms with Crippen molar-refractivity contribution in [2.75, 3.05) is 0 Å². The van der Waals surface area contributed by atoms with Gasteiger partial charge in [0.25, 0.3) is 0 Å². The molecule has 0 heterocycles. The van der Waals surface area contributed by atoms with Crippen molar-refractivity contribution in [3.05, 3.63) is 0 Å². The molecule has 0 saturated heterocycles. The molecule has 22 heavy (non-hydrogen) atoms. The number of fused-ring (bicyclic) bond motifs is 5. The van der Waals surface area contributed by atoms with Gasteiger partial charge in [-0.2, -0.15) is 0 Å². The molecule has 0 amide bonds. The van der Waals surface area contributed by atoms with Crippen LogP contribution in [-0.4, -0.2) is 28.2 Å². The first-order valence-corrected chi connectivity index (χ1v) is 9.26. The molecule has 8 atom stereocenters. The zero-order valence-corrected chi connectivity index (χ0v) is 13.9. The molecule has 0 radical (unpaired) electrons. The van der Waals surface area contributed by atoms with Crippen LogP contribution in [0, 0.1) is 34.5 Å². The van der Waals surface area contributed by atoms with Crippen LogP contribution in [0.4, 0.5) is 0 Å². The molecule has 4 rings (SSSR count). The number of ketones is 1. The third-order valence-electron chi connectivity index (χ3n) is 8.37. The Bertz CT molecular complexity index is 489. The van der Waals surface area contributed by atoms with Gasteiger partial charge in [0, 0.05) is 5.41 Å². The van der Waals surface area contributed by atoms with E-state index in [1.165, 1.54) is 12.8 Å². The van der Waals surface area contributed by atoms with Crippen molar-refractivity contribution in [3.63, 3.8) is 0 Å². The first kappa shape index (κ1) is 15.1. The molecule has 3 heteroatoms. The minimum Gasteiger partial charge on any atom is -0.393 e. The van der Waals surface area contributed by atoms with Gasteiger partial charge in [-0.15, -0.1) is 0 Å². The van der Waals surface area contributed by atoms with Gasteiger partial charge in [-0.25, -0.2) is 0 Å². The minimum atomic E-state index is -0.715. The van der Waals surface area contributed by atoms with Gasteiger partial charge in [-0.3, -0.25) is 4.79 Å². The number of carbonyl (C=O) groups excluding carboxylic acids is 1. The van der Waals surface area contributed by atoms with E-state index < -0.39 is 6.10 Å². The SMILES string of the molecule is C[C@]12CCC(O)C[C@@H]1CC[C@@H]1[C@@H]2CC[C@]2(C)C(=O)C(O)C[C@@H]12. The van der Waals surface area contributed by atoms with Crippen molar-refractivity contribution in [2.45, 2.75) is 77.4 Å². The predicted octanol–water partition coefficient (Wildman–Crippen LogP) is 2.93. The molecule has 0 aromatic heterocycles. The number of hydrogen-bond donors (Lipinski definition) is 2. The lowest BCUT2D eigenvalue weighted by atomic mass is 9.45. The molecule has 2 N–H and O–H groups in total. The molecular weight excluding hydrogens is 276 g/mol. The fourth-order valence-electron chi connectivity index (χ4n) is 7.02. The summed E-state index contributed by atoms with van der Waals surface area (Å²) in [6.07, 6.45) is 7.43. The van der Waals surface area contributed by atoms with Crippen LogP contribution in [-0.2, 0) is 4.79 Å². The highest BCUT2D eigenvalue weighted by molar-refractivity contribution is 5.91. The van der Waals surface area contributed by atoms with Gasteiger partial charge in [-0.05, 0) is 80.5 Å². The largest absolute Gasteiger partial charge is 0.393 e. The third kappa shape index (κ3) is 1.84. The second-order valence-electron chi connectivity index (χ2n) is 9.16. The topological polar surface area (TPSA) is 57.5 Å². The standard InChI is InChI=1S/C19H30O3/c1-18-7-5-12(20)9-11(18)3-4-13-14(18)6-8-19(2)15(13)10-16(21)17(19)22/h11-16,20-21H,3-10H2,1-2H3/t11-,12?,13+,14-,15-,16?,18-,19-/m0/s1. The smallest absolute Gasteiger partial charge is 0.167 e. The summed E-state index contributed by atoms with van der Waals surface area (Å²) in [5.41, 5.74) is 0.0814. The zero-order chi connectivity index (χ0) is 15.7. The van der Waals surface area contributed by atoms with Crippen LogP contribution in [0.2, 0.25) is 0 Å². The minimum absolute atomic E-state index is 0.0987. The van der Waals surface area contributed by atoms with Gasteiger partial charge in [0.2, 0.25) is 0 Å². The lowest BCUT2D eigenvalue weighted by Gasteiger charge is -2.59. The summed E-state index contributed by atoms with van der Waals surface area (Å²) in [7, 11) is 0. The van der Waals surface area contributed by atoms with Crippen molar-refractivity contribution in [3.8, 4) is 0 Å². The molecular formula is C19H30O3. The fourth-order valence-corrected chi connectivity index (χ4v) is 7.02. The summed E-state index contributed by atoms with van der Waals surface area (Å²) in [6.45, 7) is 4.57. The lowest BCUT2D eigenvalue weighted by molar-refractivity contribution is -0.144. The van der Waals surface area contributed by atoms with E-state index in [1.54, 1.807) is 0 Å². The van der Waals surface area contributed by atoms with Crippen LogP contribution in [0.25, 0.3) is 0 Å². The first-order chi connectivity index (χ1) is 10.4. The van der Waals surface area contributed by atoms with E-state index in [9.17, 15) is 15.0 Å². The Labute approximate surface area is 133 Å². The molecule has 2 unspecified atom stereocenters. The lowest BCUT2D eigenvalue weighted by Crippen LogP contribution is -2.54. The molecule has 124 valence electrons. The van der Waals surface area contributed by atoms with E-state index in [-0.39, 0.29) is 17.3 Å². The van der Waals surface area contributed by atoms with Crippen LogP contribution in [0.3, 0.4) is 0 Å². The van der Waals surface area contributed by atoms with E-state index in [0.717, 1.165) is 32.1 Å². The van der Waals surface area contributed by atoms with E-state index in [2.05, 4.69) is 13.8 Å². The molecule has 4 aliphatic carbocycles. The van der Waals surface area contributed by atoms with Gasteiger partial charge < -0.3 is 10.2 Å². The number of rotatable bonds is 0. The Morgan fingerprint density at radius 3 is 2.50 bits per heavy atom. The third-order valence-corrected chi connectivity index (χ3v) is 8.37. The molecule has 0 aliphatic heterocycles. The Hall–Kier alpha value is -0.410. The van der Waals surface area contributed by atoms with Crippen molar-refractivity contribution in [1.82, 2.24) is 0 Å². The molecule has 4 saturated carbocycles. The van der Waals surface area contributed by atoms with Crippen molar-refractivity contribution >= 4 is 5.78 Å². The number of Topliss-reactive ketones (excluding diaryl/α,β-unsaturated/α-hetero) is 1. The maximum Gasteiger partial charge on any atom is 0.167 e. The summed E-state index contributed by atoms with van der Waals surface area (Å²) in [5.74, 6) is 2.45. The highest BCUT2D eigenvalue weighted by Crippen LogP contribution is 2.65. The predicted molar refractivity (Wildman–Crippen MR) is 84.1 cm³/mol. The summed E-state index contributed by atoms with van der Waals surface area (Å²) < 4.78 is 0. The van der Waals surface area contributed by atoms with Gasteiger partial charge in [0.1, 0.15) is 6.10 Å². The first-order valence-electron chi connectivity index (χ1n) is 9.26. The van der Waals surface area contributed by atoms with Gasteiger partial charge in [0.15, 0.2) is 5.78 Å². The number of hydrogen-bond acceptors (Lipinski definition) is 3. The quantitative estimate of drug-likeness (QED) is 0.723. The second kappa shape index (κ2) is 4.80. The van der Waals surface area contributed by atoms with E-state index in [4.69, 9.17) is 0 Å². The molecule has 0 aromatic rings. The normalized spacial score (nSPS) is 57.9. The van der Waals surface area contributed by atoms with Crippen LogP contribution >= 0.6 is 0 Å². The van der Waals surface area contributed by atoms with Crippen LogP contribution < -0.4 is 0 Å². The Balaban J connectivity index is 1.64. The van der Waals surface area contributed by atoms with E-state index in [0.29, 0.717) is 35.5 Å². The molecule has 4 aliphatic rings. The Morgan fingerprint density at radius 1 is 0.955 bits per heavy atom. The van der Waals surface area contributed by atoms with Crippen molar-refractivity contribution in [1.29, 1.82) is 0 Å². The number of carbonyl (C=O) groups is 1. The average Bonchev–Trinajstić information content (AvgIpc) is 2.72. The summed E-state index contributed by atoms with van der Waals surface area (Å²) in [5, 5.41) is 20.2. The Kier molecular flexibility index (Phi) is 3.30. The maximum atomic E-state index is 12.5. The number of aliphatic hydroxyl groups is 2. The van der Waals surface area contributed by atoms with E-state index >= 15 is 0 Å². The van der Waals surface area contributed by atoms with Crippen molar-refractivity contribution < 1.29 is 15.0 Å². The average molecular weight is 306 g/mol. The van der Waals surface area contributed by atoms with E-state index in [1.807, 2.05) is 0 Å².